The lowest BCUT2D eigenvalue weighted by Crippen LogP contribution is -2.66. The highest BCUT2D eigenvalue weighted by molar-refractivity contribution is 5.73. The molecule has 3 rings (SSSR count). The van der Waals surface area contributed by atoms with Crippen LogP contribution in [0.1, 0.15) is 18.8 Å². The van der Waals surface area contributed by atoms with Crippen molar-refractivity contribution >= 4 is 5.91 Å². The van der Waals surface area contributed by atoms with E-state index in [1.165, 1.54) is 6.92 Å². The average molecular weight is 309 g/mol. The van der Waals surface area contributed by atoms with Gasteiger partial charge in [-0.15, -0.1) is 0 Å². The second-order valence-electron chi connectivity index (χ2n) is 5.46. The lowest BCUT2D eigenvalue weighted by Gasteiger charge is -2.46. The van der Waals surface area contributed by atoms with E-state index in [0.717, 1.165) is 5.56 Å². The van der Waals surface area contributed by atoms with Gasteiger partial charge in [-0.3, -0.25) is 4.79 Å². The third-order valence-electron chi connectivity index (χ3n) is 3.83. The molecule has 1 amide bonds. The maximum atomic E-state index is 11.2. The standard InChI is InChI=1S/C15H19NO6/c1-8(17)16-11-12(18)13-10(21-14(11)19)7-20-15(22-13)9-5-3-2-4-6-9/h2-6,10-15,18-19H,7H2,1H3,(H,16,17)/t10-,11-,12-,13-,14-,15?/m1/s1. The average Bonchev–Trinajstić information content (AvgIpc) is 2.52. The molecular formula is C15H19NO6. The Kier molecular flexibility index (Phi) is 4.42. The Morgan fingerprint density at radius 3 is 2.64 bits per heavy atom. The maximum Gasteiger partial charge on any atom is 0.217 e. The second-order valence-corrected chi connectivity index (χ2v) is 5.46. The van der Waals surface area contributed by atoms with Gasteiger partial charge in [0.25, 0.3) is 0 Å². The molecule has 2 aliphatic rings. The zero-order valence-corrected chi connectivity index (χ0v) is 12.1. The quantitative estimate of drug-likeness (QED) is 0.693. The molecule has 0 bridgehead atoms. The van der Waals surface area contributed by atoms with Crippen LogP contribution in [-0.4, -0.2) is 53.4 Å². The van der Waals surface area contributed by atoms with Crippen LogP contribution in [0.2, 0.25) is 0 Å². The number of carbonyl (C=O) groups is 1. The van der Waals surface area contributed by atoms with Gasteiger partial charge in [-0.05, 0) is 0 Å². The van der Waals surface area contributed by atoms with Crippen LogP contribution in [-0.2, 0) is 19.0 Å². The number of rotatable bonds is 2. The molecule has 2 saturated heterocycles. The molecule has 7 heteroatoms. The molecule has 2 aliphatic heterocycles. The van der Waals surface area contributed by atoms with Crippen molar-refractivity contribution in [1.82, 2.24) is 5.32 Å². The predicted octanol–water partition coefficient (Wildman–Crippen LogP) is -0.317. The van der Waals surface area contributed by atoms with Crippen molar-refractivity contribution in [1.29, 1.82) is 0 Å². The lowest BCUT2D eigenvalue weighted by molar-refractivity contribution is -0.337. The van der Waals surface area contributed by atoms with Gasteiger partial charge in [0.2, 0.25) is 5.91 Å². The minimum atomic E-state index is -1.30. The fourth-order valence-corrected chi connectivity index (χ4v) is 2.78. The summed E-state index contributed by atoms with van der Waals surface area (Å²) in [6.45, 7) is 1.49. The highest BCUT2D eigenvalue weighted by Gasteiger charge is 2.49. The molecule has 22 heavy (non-hydrogen) atoms. The number of carbonyl (C=O) groups excluding carboxylic acids is 1. The Morgan fingerprint density at radius 2 is 1.95 bits per heavy atom. The molecule has 0 aliphatic carbocycles. The Labute approximate surface area is 127 Å². The number of nitrogens with one attached hydrogen (secondary N) is 1. The van der Waals surface area contributed by atoms with E-state index in [1.807, 2.05) is 30.3 Å². The Hall–Kier alpha value is -1.51. The Bertz CT molecular complexity index is 524. The Morgan fingerprint density at radius 1 is 1.23 bits per heavy atom. The highest BCUT2D eigenvalue weighted by Crippen LogP contribution is 2.33. The van der Waals surface area contributed by atoms with Crippen molar-refractivity contribution in [3.05, 3.63) is 35.9 Å². The number of hydrogen-bond acceptors (Lipinski definition) is 6. The fourth-order valence-electron chi connectivity index (χ4n) is 2.78. The van der Waals surface area contributed by atoms with Gasteiger partial charge in [-0.25, -0.2) is 0 Å². The first kappa shape index (κ1) is 15.4. The molecule has 120 valence electrons. The molecule has 2 heterocycles. The summed E-state index contributed by atoms with van der Waals surface area (Å²) in [5, 5.41) is 22.8. The van der Waals surface area contributed by atoms with Gasteiger partial charge in [0.1, 0.15) is 24.4 Å². The molecule has 2 fully saturated rings. The number of aliphatic hydroxyl groups excluding tert-OH is 2. The second kappa shape index (κ2) is 6.31. The summed E-state index contributed by atoms with van der Waals surface area (Å²) in [5.74, 6) is -0.364. The molecule has 0 spiro atoms. The predicted molar refractivity (Wildman–Crippen MR) is 74.5 cm³/mol. The lowest BCUT2D eigenvalue weighted by atomic mass is 9.96. The Balaban J connectivity index is 1.75. The first-order chi connectivity index (χ1) is 10.6. The van der Waals surface area contributed by atoms with E-state index in [4.69, 9.17) is 14.2 Å². The molecule has 1 aromatic carbocycles. The highest BCUT2D eigenvalue weighted by atomic mass is 16.7. The van der Waals surface area contributed by atoms with Crippen LogP contribution in [0.4, 0.5) is 0 Å². The van der Waals surface area contributed by atoms with Crippen LogP contribution in [0.25, 0.3) is 0 Å². The van der Waals surface area contributed by atoms with E-state index in [2.05, 4.69) is 5.32 Å². The van der Waals surface area contributed by atoms with Gasteiger partial charge < -0.3 is 29.7 Å². The summed E-state index contributed by atoms with van der Waals surface area (Å²) in [4.78, 5) is 11.2. The van der Waals surface area contributed by atoms with Crippen molar-refractivity contribution in [3.63, 3.8) is 0 Å². The van der Waals surface area contributed by atoms with Crippen LogP contribution in [0, 0.1) is 0 Å². The molecule has 0 radical (unpaired) electrons. The smallest absolute Gasteiger partial charge is 0.217 e. The monoisotopic (exact) mass is 309 g/mol. The van der Waals surface area contributed by atoms with Crippen molar-refractivity contribution in [2.45, 2.75) is 43.9 Å². The molecule has 3 N–H and O–H groups in total. The van der Waals surface area contributed by atoms with E-state index in [0.29, 0.717) is 0 Å². The van der Waals surface area contributed by atoms with Gasteiger partial charge in [0, 0.05) is 12.5 Å². The van der Waals surface area contributed by atoms with E-state index in [1.54, 1.807) is 0 Å². The van der Waals surface area contributed by atoms with Crippen molar-refractivity contribution < 1.29 is 29.2 Å². The summed E-state index contributed by atoms with van der Waals surface area (Å²) < 4.78 is 16.8. The van der Waals surface area contributed by atoms with Crippen molar-refractivity contribution in [2.24, 2.45) is 0 Å². The summed E-state index contributed by atoms with van der Waals surface area (Å²) >= 11 is 0. The largest absolute Gasteiger partial charge is 0.388 e. The van der Waals surface area contributed by atoms with Crippen LogP contribution in [0.3, 0.4) is 0 Å². The van der Waals surface area contributed by atoms with Gasteiger partial charge >= 0.3 is 0 Å². The van der Waals surface area contributed by atoms with Crippen LogP contribution < -0.4 is 5.32 Å². The third-order valence-corrected chi connectivity index (χ3v) is 3.83. The molecule has 0 aromatic heterocycles. The SMILES string of the molecule is CC(=O)N[C@@H]1[C@@H](O)[C@@H]2OC(c3ccccc3)OC[C@H]2O[C@H]1O. The minimum absolute atomic E-state index is 0.186. The molecular weight excluding hydrogens is 290 g/mol. The molecule has 0 saturated carbocycles. The molecule has 1 aromatic rings. The number of fused-ring (bicyclic) bond motifs is 1. The minimum Gasteiger partial charge on any atom is -0.388 e. The van der Waals surface area contributed by atoms with Gasteiger partial charge in [-0.1, -0.05) is 30.3 Å². The molecule has 1 unspecified atom stereocenters. The summed E-state index contributed by atoms with van der Waals surface area (Å²) in [6, 6.07) is 8.41. The fraction of sp³-hybridized carbons (Fsp3) is 0.533. The number of aliphatic hydroxyl groups is 2. The van der Waals surface area contributed by atoms with Gasteiger partial charge in [0.15, 0.2) is 12.6 Å². The van der Waals surface area contributed by atoms with Crippen LogP contribution in [0.15, 0.2) is 30.3 Å². The zero-order valence-electron chi connectivity index (χ0n) is 12.1. The van der Waals surface area contributed by atoms with E-state index in [9.17, 15) is 15.0 Å². The molecule has 7 nitrogen and oxygen atoms in total. The maximum absolute atomic E-state index is 11.2. The van der Waals surface area contributed by atoms with E-state index in [-0.39, 0.29) is 12.5 Å². The molecule has 6 atom stereocenters. The first-order valence-corrected chi connectivity index (χ1v) is 7.17. The van der Waals surface area contributed by atoms with Gasteiger partial charge in [0.05, 0.1) is 6.61 Å². The zero-order chi connectivity index (χ0) is 15.7. The summed E-state index contributed by atoms with van der Waals surface area (Å²) in [7, 11) is 0. The van der Waals surface area contributed by atoms with Crippen molar-refractivity contribution in [2.75, 3.05) is 6.61 Å². The summed E-state index contributed by atoms with van der Waals surface area (Å²) in [5.41, 5.74) is 0.829. The van der Waals surface area contributed by atoms with Crippen molar-refractivity contribution in [3.8, 4) is 0 Å². The van der Waals surface area contributed by atoms with E-state index < -0.39 is 36.9 Å². The number of hydrogen-bond donors (Lipinski definition) is 3. The van der Waals surface area contributed by atoms with Crippen LogP contribution in [0.5, 0.6) is 0 Å². The van der Waals surface area contributed by atoms with Gasteiger partial charge in [-0.2, -0.15) is 0 Å². The topological polar surface area (TPSA) is 97.3 Å². The summed E-state index contributed by atoms with van der Waals surface area (Å²) in [6.07, 6.45) is -4.29. The number of amides is 1. The first-order valence-electron chi connectivity index (χ1n) is 7.17. The normalized spacial score (nSPS) is 38.1. The third kappa shape index (κ3) is 2.99. The number of benzene rings is 1. The van der Waals surface area contributed by atoms with E-state index >= 15 is 0 Å². The number of ether oxygens (including phenoxy) is 3. The van der Waals surface area contributed by atoms with Crippen LogP contribution >= 0.6 is 0 Å².